The third-order valence-electron chi connectivity index (χ3n) is 2.68. The Morgan fingerprint density at radius 2 is 0.900 bits per heavy atom. The Labute approximate surface area is 87.7 Å². The summed E-state index contributed by atoms with van der Waals surface area (Å²) in [7, 11) is 0. The van der Waals surface area contributed by atoms with Crippen molar-refractivity contribution in [1.82, 2.24) is 0 Å². The summed E-state index contributed by atoms with van der Waals surface area (Å²) in [6.07, 6.45) is 0. The van der Waals surface area contributed by atoms with E-state index in [-0.39, 0.29) is 29.6 Å². The van der Waals surface area contributed by atoms with Gasteiger partial charge in [-0.25, -0.2) is 0 Å². The molecule has 0 bridgehead atoms. The van der Waals surface area contributed by atoms with Gasteiger partial charge in [0.25, 0.3) is 0 Å². The second-order valence-corrected chi connectivity index (χ2v) is 2.61. The zero-order valence-electron chi connectivity index (χ0n) is 8.28. The van der Waals surface area contributed by atoms with Crippen molar-refractivity contribution in [3.8, 4) is 0 Å². The summed E-state index contributed by atoms with van der Waals surface area (Å²) in [6, 6.07) is 0. The van der Waals surface area contributed by atoms with Gasteiger partial charge in [-0.3, -0.25) is 0 Å². The molecule has 0 fully saturated rings. The largest absolute Gasteiger partial charge is 1.00 e. The molecule has 0 amide bonds. The third kappa shape index (κ3) is 3.38. The minimum Gasteiger partial charge on any atom is -0.325 e. The normalized spacial score (nSPS) is 10.8. The van der Waals surface area contributed by atoms with E-state index in [2.05, 4.69) is 27.7 Å². The van der Waals surface area contributed by atoms with Gasteiger partial charge >= 0.3 is 29.6 Å². The Morgan fingerprint density at radius 3 is 0.900 bits per heavy atom. The average Bonchev–Trinajstić information content (AvgIpc) is 1.95. The molecule has 0 saturated carbocycles. The van der Waals surface area contributed by atoms with Crippen LogP contribution in [-0.4, -0.2) is 30.7 Å². The molecule has 0 unspecified atom stereocenters. The van der Waals surface area contributed by atoms with Gasteiger partial charge < -0.3 is 4.48 Å². The van der Waals surface area contributed by atoms with Gasteiger partial charge in [-0.1, -0.05) is 0 Å². The fourth-order valence-electron chi connectivity index (χ4n) is 1.34. The van der Waals surface area contributed by atoms with Crippen LogP contribution < -0.4 is 29.6 Å². The van der Waals surface area contributed by atoms with Crippen molar-refractivity contribution < 1.29 is 34.0 Å². The monoisotopic (exact) mass is 153 g/mol. The smallest absolute Gasteiger partial charge is 0.325 e. The molecule has 0 N–H and O–H groups in total. The first kappa shape index (κ1) is 13.5. The van der Waals surface area contributed by atoms with Crippen LogP contribution in [0.1, 0.15) is 27.7 Å². The quantitative estimate of drug-likeness (QED) is 0.355. The summed E-state index contributed by atoms with van der Waals surface area (Å²) >= 11 is 0. The molecule has 0 aliphatic carbocycles. The van der Waals surface area contributed by atoms with E-state index >= 15 is 0 Å². The first-order valence-electron chi connectivity index (χ1n) is 4.09. The number of hydrogen-bond acceptors (Lipinski definition) is 0. The van der Waals surface area contributed by atoms with Crippen LogP contribution in [0.2, 0.25) is 0 Å². The molecule has 0 atom stereocenters. The van der Waals surface area contributed by atoms with E-state index < -0.39 is 0 Å². The summed E-state index contributed by atoms with van der Waals surface area (Å²) < 4.78 is 1.28. The Bertz CT molecular complexity index is 52.1. The molecule has 0 aromatic heterocycles. The molecule has 0 radical (unpaired) electrons. The van der Waals surface area contributed by atoms with Crippen molar-refractivity contribution in [2.75, 3.05) is 26.2 Å². The predicted molar refractivity (Wildman–Crippen MR) is 42.4 cm³/mol. The Kier molecular flexibility index (Phi) is 9.02. The van der Waals surface area contributed by atoms with Gasteiger partial charge in [0.2, 0.25) is 0 Å². The molecule has 0 spiro atoms. The Morgan fingerprint density at radius 1 is 0.700 bits per heavy atom. The molecule has 0 aromatic carbocycles. The Balaban J connectivity index is 0. The van der Waals surface area contributed by atoms with Crippen LogP contribution in [-0.2, 0) is 0 Å². The standard InChI is InChI=1S/C8H20N.Na/c1-5-9(6-2,7-3)8-4;/h5-8H2,1-4H3;/q2*+1. The molecule has 0 aliphatic heterocycles. The molecule has 2 heteroatoms. The zero-order chi connectivity index (χ0) is 7.33. The predicted octanol–water partition coefficient (Wildman–Crippen LogP) is -1.11. The van der Waals surface area contributed by atoms with Crippen molar-refractivity contribution in [2.45, 2.75) is 27.7 Å². The van der Waals surface area contributed by atoms with E-state index in [0.717, 1.165) is 0 Å². The first-order valence-corrected chi connectivity index (χ1v) is 4.09. The van der Waals surface area contributed by atoms with E-state index in [1.54, 1.807) is 0 Å². The second kappa shape index (κ2) is 6.66. The minimum absolute atomic E-state index is 0. The van der Waals surface area contributed by atoms with Gasteiger partial charge in [-0.2, -0.15) is 0 Å². The van der Waals surface area contributed by atoms with E-state index in [1.807, 2.05) is 0 Å². The van der Waals surface area contributed by atoms with Crippen LogP contribution in [0.3, 0.4) is 0 Å². The van der Waals surface area contributed by atoms with Gasteiger partial charge in [-0.05, 0) is 27.7 Å². The summed E-state index contributed by atoms with van der Waals surface area (Å²) in [5.74, 6) is 0. The van der Waals surface area contributed by atoms with Gasteiger partial charge in [0, 0.05) is 0 Å². The number of quaternary nitrogens is 1. The maximum absolute atomic E-state index is 2.27. The molecule has 1 nitrogen and oxygen atoms in total. The van der Waals surface area contributed by atoms with Gasteiger partial charge in [0.15, 0.2) is 0 Å². The zero-order valence-corrected chi connectivity index (χ0v) is 10.3. The third-order valence-corrected chi connectivity index (χ3v) is 2.68. The van der Waals surface area contributed by atoms with Gasteiger partial charge in [-0.15, -0.1) is 0 Å². The SMILES string of the molecule is CC[N+](CC)(CC)CC.[Na+]. The molecule has 0 aliphatic rings. The van der Waals surface area contributed by atoms with Gasteiger partial charge in [0.1, 0.15) is 0 Å². The van der Waals surface area contributed by atoms with Crippen LogP contribution in [0.25, 0.3) is 0 Å². The van der Waals surface area contributed by atoms with Crippen LogP contribution in [0.4, 0.5) is 0 Å². The topological polar surface area (TPSA) is 0 Å². The number of rotatable bonds is 4. The molecule has 0 saturated heterocycles. The van der Waals surface area contributed by atoms with Crippen molar-refractivity contribution in [1.29, 1.82) is 0 Å². The van der Waals surface area contributed by atoms with Gasteiger partial charge in [0.05, 0.1) is 26.2 Å². The second-order valence-electron chi connectivity index (χ2n) is 2.61. The summed E-state index contributed by atoms with van der Waals surface area (Å²) in [5.41, 5.74) is 0. The minimum atomic E-state index is 0. The fraction of sp³-hybridized carbons (Fsp3) is 1.00. The molecular formula is C8H20NNa+2. The van der Waals surface area contributed by atoms with Crippen molar-refractivity contribution in [2.24, 2.45) is 0 Å². The summed E-state index contributed by atoms with van der Waals surface area (Å²) in [6.45, 7) is 14.2. The molecule has 0 heterocycles. The summed E-state index contributed by atoms with van der Waals surface area (Å²) in [5, 5.41) is 0. The maximum atomic E-state index is 2.27. The number of hydrogen-bond donors (Lipinski definition) is 0. The van der Waals surface area contributed by atoms with E-state index in [9.17, 15) is 0 Å². The van der Waals surface area contributed by atoms with Crippen molar-refractivity contribution >= 4 is 0 Å². The van der Waals surface area contributed by atoms with Crippen LogP contribution >= 0.6 is 0 Å². The van der Waals surface area contributed by atoms with E-state index in [1.165, 1.54) is 30.7 Å². The Hall–Kier alpha value is 0.960. The number of nitrogens with zero attached hydrogens (tertiary/aromatic N) is 1. The van der Waals surface area contributed by atoms with Crippen LogP contribution in [0.15, 0.2) is 0 Å². The molecule has 10 heavy (non-hydrogen) atoms. The molecule has 0 rings (SSSR count). The van der Waals surface area contributed by atoms with Crippen LogP contribution in [0, 0.1) is 0 Å². The van der Waals surface area contributed by atoms with Crippen LogP contribution in [0.5, 0.6) is 0 Å². The van der Waals surface area contributed by atoms with E-state index in [4.69, 9.17) is 0 Å². The van der Waals surface area contributed by atoms with E-state index in [0.29, 0.717) is 0 Å². The molecule has 0 aromatic rings. The first-order chi connectivity index (χ1) is 4.24. The average molecular weight is 153 g/mol. The van der Waals surface area contributed by atoms with Crippen molar-refractivity contribution in [3.63, 3.8) is 0 Å². The fourth-order valence-corrected chi connectivity index (χ4v) is 1.34. The van der Waals surface area contributed by atoms with Crippen molar-refractivity contribution in [3.05, 3.63) is 0 Å². The summed E-state index contributed by atoms with van der Waals surface area (Å²) in [4.78, 5) is 0. The maximum Gasteiger partial charge on any atom is 1.00 e. The molecule has 56 valence electrons. The molecular weight excluding hydrogens is 133 g/mol.